The number of guanidine groups is 1. The van der Waals surface area contributed by atoms with Gasteiger partial charge in [-0.3, -0.25) is 4.79 Å². The first-order valence-corrected chi connectivity index (χ1v) is 10.4. The molecule has 2 unspecified atom stereocenters. The van der Waals surface area contributed by atoms with Crippen molar-refractivity contribution in [1.82, 2.24) is 15.5 Å². The fraction of sp³-hybridized carbons (Fsp3) is 0.364. The number of hydrogen-bond donors (Lipinski definition) is 2. The lowest BCUT2D eigenvalue weighted by Gasteiger charge is -2.21. The van der Waals surface area contributed by atoms with Gasteiger partial charge in [-0.1, -0.05) is 55.5 Å². The Hall–Kier alpha value is -2.47. The van der Waals surface area contributed by atoms with Crippen LogP contribution >= 0.6 is 11.8 Å². The number of nitrogens with zero attached hydrogens (tertiary/aromatic N) is 2. The van der Waals surface area contributed by atoms with E-state index in [4.69, 9.17) is 0 Å². The van der Waals surface area contributed by atoms with Crippen LogP contribution in [0.25, 0.3) is 0 Å². The highest BCUT2D eigenvalue weighted by molar-refractivity contribution is 8.00. The lowest BCUT2D eigenvalue weighted by Crippen LogP contribution is -2.42. The van der Waals surface area contributed by atoms with E-state index < -0.39 is 0 Å². The second-order valence-corrected chi connectivity index (χ2v) is 8.36. The van der Waals surface area contributed by atoms with Crippen molar-refractivity contribution in [3.8, 4) is 0 Å². The molecule has 0 spiro atoms. The molecule has 6 heteroatoms. The molecule has 2 aromatic rings. The highest BCUT2D eigenvalue weighted by Crippen LogP contribution is 2.22. The maximum atomic E-state index is 11.9. The molecule has 0 aliphatic rings. The van der Waals surface area contributed by atoms with E-state index in [0.717, 1.165) is 6.54 Å². The van der Waals surface area contributed by atoms with Gasteiger partial charge in [0.2, 0.25) is 5.91 Å². The van der Waals surface area contributed by atoms with E-state index in [2.05, 4.69) is 53.7 Å². The van der Waals surface area contributed by atoms with Crippen molar-refractivity contribution in [2.45, 2.75) is 30.0 Å². The van der Waals surface area contributed by atoms with E-state index in [9.17, 15) is 4.79 Å². The van der Waals surface area contributed by atoms with Gasteiger partial charge in [0, 0.05) is 30.8 Å². The fourth-order valence-electron chi connectivity index (χ4n) is 2.48. The maximum absolute atomic E-state index is 11.9. The normalized spacial score (nSPS) is 13.5. The van der Waals surface area contributed by atoms with Crippen LogP contribution < -0.4 is 10.6 Å². The minimum absolute atomic E-state index is 0.0276. The number of rotatable bonds is 8. The summed E-state index contributed by atoms with van der Waals surface area (Å²) in [5.41, 5.74) is 1.17. The topological polar surface area (TPSA) is 56.7 Å². The predicted octanol–water partition coefficient (Wildman–Crippen LogP) is 3.55. The summed E-state index contributed by atoms with van der Waals surface area (Å²) in [6, 6.07) is 20.6. The average Bonchev–Trinajstić information content (AvgIpc) is 2.71. The third-order valence-electron chi connectivity index (χ3n) is 4.16. The quantitative estimate of drug-likeness (QED) is 0.406. The summed E-state index contributed by atoms with van der Waals surface area (Å²) in [4.78, 5) is 19.2. The first kappa shape index (κ1) is 21.8. The Morgan fingerprint density at radius 1 is 1.04 bits per heavy atom. The zero-order valence-electron chi connectivity index (χ0n) is 17.1. The summed E-state index contributed by atoms with van der Waals surface area (Å²) in [7, 11) is 3.48. The molecule has 28 heavy (non-hydrogen) atoms. The second-order valence-electron chi connectivity index (χ2n) is 6.85. The largest absolute Gasteiger partial charge is 0.355 e. The summed E-state index contributed by atoms with van der Waals surface area (Å²) in [6.07, 6.45) is 0. The second kappa shape index (κ2) is 11.4. The summed E-state index contributed by atoms with van der Waals surface area (Å²) >= 11 is 1.81. The molecular weight excluding hydrogens is 368 g/mol. The Morgan fingerprint density at radius 3 is 2.25 bits per heavy atom. The third kappa shape index (κ3) is 7.64. The van der Waals surface area contributed by atoms with Gasteiger partial charge in [0.15, 0.2) is 5.96 Å². The molecule has 0 aromatic heterocycles. The van der Waals surface area contributed by atoms with E-state index in [1.165, 1.54) is 10.5 Å². The SMILES string of the molecule is CC(CNC(=NCC(=O)N(C)C)NC(C)c1ccccc1)Sc1ccccc1. The number of thioether (sulfide) groups is 1. The number of likely N-dealkylation sites (N-methyl/N-ethyl adjacent to an activating group) is 1. The summed E-state index contributed by atoms with van der Waals surface area (Å²) in [6.45, 7) is 5.11. The van der Waals surface area contributed by atoms with Crippen molar-refractivity contribution in [2.24, 2.45) is 4.99 Å². The molecule has 2 N–H and O–H groups in total. The van der Waals surface area contributed by atoms with Gasteiger partial charge in [-0.15, -0.1) is 11.8 Å². The Labute approximate surface area is 172 Å². The number of carbonyl (C=O) groups is 1. The van der Waals surface area contributed by atoms with E-state index in [1.807, 2.05) is 48.2 Å². The summed E-state index contributed by atoms with van der Waals surface area (Å²) in [5.74, 6) is 0.618. The van der Waals surface area contributed by atoms with E-state index in [-0.39, 0.29) is 18.5 Å². The van der Waals surface area contributed by atoms with Crippen LogP contribution in [-0.4, -0.2) is 49.2 Å². The predicted molar refractivity (Wildman–Crippen MR) is 119 cm³/mol. The number of hydrogen-bond acceptors (Lipinski definition) is 3. The average molecular weight is 399 g/mol. The monoisotopic (exact) mass is 398 g/mol. The van der Waals surface area contributed by atoms with Gasteiger partial charge in [-0.25, -0.2) is 4.99 Å². The molecule has 0 aliphatic heterocycles. The molecule has 0 fully saturated rings. The van der Waals surface area contributed by atoms with E-state index in [1.54, 1.807) is 19.0 Å². The number of aliphatic imine (C=N–C) groups is 1. The number of carbonyl (C=O) groups excluding carboxylic acids is 1. The van der Waals surface area contributed by atoms with Crippen molar-refractivity contribution in [1.29, 1.82) is 0 Å². The van der Waals surface area contributed by atoms with Gasteiger partial charge >= 0.3 is 0 Å². The molecule has 0 saturated carbocycles. The van der Waals surface area contributed by atoms with Crippen molar-refractivity contribution in [3.63, 3.8) is 0 Å². The van der Waals surface area contributed by atoms with Gasteiger partial charge < -0.3 is 15.5 Å². The van der Waals surface area contributed by atoms with Crippen LogP contribution in [0, 0.1) is 0 Å². The van der Waals surface area contributed by atoms with E-state index in [0.29, 0.717) is 11.2 Å². The molecular formula is C22H30N4OS. The van der Waals surface area contributed by atoms with Gasteiger partial charge in [0.25, 0.3) is 0 Å². The molecule has 2 rings (SSSR count). The molecule has 2 atom stereocenters. The fourth-order valence-corrected chi connectivity index (χ4v) is 3.43. The molecule has 5 nitrogen and oxygen atoms in total. The highest BCUT2D eigenvalue weighted by atomic mass is 32.2. The molecule has 0 bridgehead atoms. The number of amides is 1. The van der Waals surface area contributed by atoms with Gasteiger partial charge in [-0.2, -0.15) is 0 Å². The molecule has 150 valence electrons. The standard InChI is InChI=1S/C22H30N4OS/c1-17(28-20-13-9-6-10-14-20)15-23-22(24-16-21(27)26(3)4)25-18(2)19-11-7-5-8-12-19/h5-14,17-18H,15-16H2,1-4H3,(H2,23,24,25). The maximum Gasteiger partial charge on any atom is 0.243 e. The van der Waals surface area contributed by atoms with Crippen LogP contribution in [0.1, 0.15) is 25.5 Å². The van der Waals surface area contributed by atoms with Gasteiger partial charge in [-0.05, 0) is 24.6 Å². The number of benzene rings is 2. The molecule has 0 saturated heterocycles. The van der Waals surface area contributed by atoms with Gasteiger partial charge in [0.05, 0.1) is 6.04 Å². The first-order valence-electron chi connectivity index (χ1n) is 9.47. The van der Waals surface area contributed by atoms with Crippen LogP contribution in [0.3, 0.4) is 0 Å². The summed E-state index contributed by atoms with van der Waals surface area (Å²) < 4.78 is 0. The third-order valence-corrected chi connectivity index (χ3v) is 5.27. The first-order chi connectivity index (χ1) is 13.5. The molecule has 0 heterocycles. The Bertz CT molecular complexity index is 750. The Kier molecular flexibility index (Phi) is 8.88. The summed E-state index contributed by atoms with van der Waals surface area (Å²) in [5, 5.41) is 7.14. The van der Waals surface area contributed by atoms with Crippen molar-refractivity contribution >= 4 is 23.6 Å². The minimum Gasteiger partial charge on any atom is -0.355 e. The van der Waals surface area contributed by atoms with Crippen molar-refractivity contribution in [3.05, 3.63) is 66.2 Å². The zero-order valence-corrected chi connectivity index (χ0v) is 17.9. The zero-order chi connectivity index (χ0) is 20.4. The lowest BCUT2D eigenvalue weighted by molar-refractivity contribution is -0.127. The molecule has 1 amide bonds. The minimum atomic E-state index is -0.0276. The number of nitrogens with one attached hydrogen (secondary N) is 2. The van der Waals surface area contributed by atoms with Crippen LogP contribution in [0.4, 0.5) is 0 Å². The molecule has 2 aromatic carbocycles. The molecule has 0 aliphatic carbocycles. The van der Waals surface area contributed by atoms with Crippen LogP contribution in [0.2, 0.25) is 0 Å². The van der Waals surface area contributed by atoms with E-state index >= 15 is 0 Å². The highest BCUT2D eigenvalue weighted by Gasteiger charge is 2.11. The van der Waals surface area contributed by atoms with Crippen LogP contribution in [0.15, 0.2) is 70.6 Å². The van der Waals surface area contributed by atoms with Crippen molar-refractivity contribution < 1.29 is 4.79 Å². The smallest absolute Gasteiger partial charge is 0.243 e. The van der Waals surface area contributed by atoms with Crippen LogP contribution in [-0.2, 0) is 4.79 Å². The lowest BCUT2D eigenvalue weighted by atomic mass is 10.1. The van der Waals surface area contributed by atoms with Crippen molar-refractivity contribution in [2.75, 3.05) is 27.2 Å². The van der Waals surface area contributed by atoms with Crippen LogP contribution in [0.5, 0.6) is 0 Å². The Balaban J connectivity index is 1.98. The Morgan fingerprint density at radius 2 is 1.64 bits per heavy atom. The molecule has 0 radical (unpaired) electrons. The van der Waals surface area contributed by atoms with Gasteiger partial charge in [0.1, 0.15) is 6.54 Å².